The Bertz CT molecular complexity index is 1580. The van der Waals surface area contributed by atoms with Crippen LogP contribution in [0.5, 0.6) is 0 Å². The highest BCUT2D eigenvalue weighted by Gasteiger charge is 2.19. The number of amides is 2. The molecule has 0 aliphatic heterocycles. The van der Waals surface area contributed by atoms with Crippen molar-refractivity contribution in [3.63, 3.8) is 0 Å². The molecule has 2 rings (SSSR count). The fourth-order valence-corrected chi connectivity index (χ4v) is 9.14. The Morgan fingerprint density at radius 2 is 0.788 bits per heavy atom. The Balaban J connectivity index is 0.00000113. The number of halogens is 1. The zero-order valence-electron chi connectivity index (χ0n) is 41.8. The van der Waals surface area contributed by atoms with E-state index in [1.54, 1.807) is 35.2 Å². The second-order valence-electron chi connectivity index (χ2n) is 16.1. The Morgan fingerprint density at radius 3 is 1.08 bits per heavy atom. The van der Waals surface area contributed by atoms with Gasteiger partial charge >= 0.3 is 16.2 Å². The summed E-state index contributed by atoms with van der Waals surface area (Å²) in [6, 6.07) is 17.4. The molecule has 0 spiro atoms. The largest absolute Gasteiger partial charge is 0.350 e. The minimum absolute atomic E-state index is 0.255. The van der Waals surface area contributed by atoms with Crippen molar-refractivity contribution in [1.29, 1.82) is 0 Å². The molecule has 0 aliphatic rings. The Hall–Kier alpha value is -2.34. The molecular weight excluding hydrogens is 942 g/mol. The highest BCUT2D eigenvalue weighted by atomic mass is 79.9. The lowest BCUT2D eigenvalue weighted by Gasteiger charge is -2.12. The minimum atomic E-state index is -2.84. The van der Waals surface area contributed by atoms with Gasteiger partial charge in [-0.05, 0) is 99.3 Å². The minimum Gasteiger partial charge on any atom is -0.350 e. The molecule has 2 amide bonds. The van der Waals surface area contributed by atoms with Crippen molar-refractivity contribution in [2.45, 2.75) is 168 Å². The molecule has 2 aromatic rings. The van der Waals surface area contributed by atoms with Crippen molar-refractivity contribution >= 4 is 55.5 Å². The van der Waals surface area contributed by atoms with Crippen molar-refractivity contribution < 1.29 is 46.4 Å². The maximum absolute atomic E-state index is 12.0. The maximum atomic E-state index is 12.0. The van der Waals surface area contributed by atoms with Crippen LogP contribution in [0.3, 0.4) is 0 Å². The molecule has 0 heterocycles. The molecule has 0 saturated heterocycles. The summed E-state index contributed by atoms with van der Waals surface area (Å²) < 4.78 is 35.9. The summed E-state index contributed by atoms with van der Waals surface area (Å²) in [6.45, 7) is 4.55. The van der Waals surface area contributed by atoms with Gasteiger partial charge in [-0.2, -0.15) is 0 Å². The number of nitrogens with one attached hydrogen (secondary N) is 2. The number of unbranched alkanes of at least 4 members (excludes halogenated alkanes) is 14. The number of aryl methyl sites for hydroxylation is 4. The van der Waals surface area contributed by atoms with Gasteiger partial charge in [0.05, 0.1) is 6.16 Å². The van der Waals surface area contributed by atoms with Crippen molar-refractivity contribution in [2.75, 3.05) is 60.1 Å². The van der Waals surface area contributed by atoms with Crippen molar-refractivity contribution in [3.8, 4) is 0 Å². The van der Waals surface area contributed by atoms with Crippen molar-refractivity contribution in [3.05, 3.63) is 70.8 Å². The van der Waals surface area contributed by atoms with E-state index in [0.717, 1.165) is 69.5 Å². The van der Waals surface area contributed by atoms with Gasteiger partial charge in [-0.1, -0.05) is 143 Å². The summed E-state index contributed by atoms with van der Waals surface area (Å²) in [7, 11) is 3.61. The van der Waals surface area contributed by atoms with E-state index in [9.17, 15) is 23.7 Å². The highest BCUT2D eigenvalue weighted by molar-refractivity contribution is 9.09. The Kier molecular flexibility index (Phi) is 42.4. The molecule has 66 heavy (non-hydrogen) atoms. The molecule has 0 aliphatic carbocycles. The van der Waals surface area contributed by atoms with Gasteiger partial charge in [0.15, 0.2) is 0 Å². The predicted molar refractivity (Wildman–Crippen MR) is 276 cm³/mol. The number of rotatable bonds is 38. The zero-order chi connectivity index (χ0) is 49.1. The Morgan fingerprint density at radius 1 is 0.485 bits per heavy atom. The van der Waals surface area contributed by atoms with Crippen LogP contribution in [0, 0.1) is 0 Å². The quantitative estimate of drug-likeness (QED) is 0.0287. The molecule has 12 nitrogen and oxygen atoms in total. The number of benzene rings is 2. The van der Waals surface area contributed by atoms with Gasteiger partial charge in [0.2, 0.25) is 11.6 Å². The van der Waals surface area contributed by atoms with Gasteiger partial charge in [0.1, 0.15) is 0 Å². The lowest BCUT2D eigenvalue weighted by molar-refractivity contribution is -0.137. The van der Waals surface area contributed by atoms with Crippen LogP contribution in [0.15, 0.2) is 48.5 Å². The molecule has 0 radical (unpaired) electrons. The molecular formula is C51H87BrN2O10P2. The SMILES string of the molecule is CCC(=O)C(=O)NCCCCc1ccccc1CCCCCCCCCBr.CCC(=O)C(=O)NCCCCc1ccccc1CCCCCCCCCP(=O)(OC)OC.COP(OC)OC. The van der Waals surface area contributed by atoms with Gasteiger partial charge < -0.3 is 33.3 Å². The third-order valence-corrected chi connectivity index (χ3v) is 14.6. The topological polar surface area (TPSA) is 156 Å². The average molecular weight is 1030 g/mol. The lowest BCUT2D eigenvalue weighted by atomic mass is 9.97. The van der Waals surface area contributed by atoms with Crippen LogP contribution in [-0.4, -0.2) is 83.5 Å². The maximum Gasteiger partial charge on any atom is 0.331 e. The second-order valence-corrected chi connectivity index (χ2v) is 20.9. The van der Waals surface area contributed by atoms with E-state index < -0.39 is 28.0 Å². The average Bonchev–Trinajstić information content (AvgIpc) is 3.34. The highest BCUT2D eigenvalue weighted by Crippen LogP contribution is 2.47. The van der Waals surface area contributed by atoms with Crippen LogP contribution < -0.4 is 10.6 Å². The number of carbonyl (C=O) groups excluding carboxylic acids is 4. The first kappa shape index (κ1) is 63.7. The van der Waals surface area contributed by atoms with Gasteiger partial charge in [0.25, 0.3) is 11.8 Å². The summed E-state index contributed by atoms with van der Waals surface area (Å²) in [5, 5.41) is 6.54. The number of ketones is 2. The van der Waals surface area contributed by atoms with Gasteiger partial charge in [-0.3, -0.25) is 23.7 Å². The predicted octanol–water partition coefficient (Wildman–Crippen LogP) is 12.8. The standard InChI is InChI=1S/C25H42NO5P.C23H36BrNO2.C3H9O3P/c1-4-24(27)25(28)26-20-14-13-19-23-18-12-11-17-22(23)16-10-8-6-5-7-9-15-21-32(29,30-2)31-3;1-2-22(26)23(27)25-19-13-11-17-21-16-10-9-15-20(21)14-8-6-4-3-5-7-12-18-24;1-4-7(5-2)6-3/h11-12,17-18H,4-10,13-16,19-21H2,1-3H3,(H,26,28);9-10,15-16H,2-8,11-14,17-19H2,1H3,(H,25,27);1-3H3. The number of hydrogen-bond donors (Lipinski definition) is 2. The van der Waals surface area contributed by atoms with Gasteiger partial charge in [0, 0.05) is 66.8 Å². The molecule has 2 N–H and O–H groups in total. The number of carbonyl (C=O) groups is 4. The molecule has 0 unspecified atom stereocenters. The molecule has 0 aromatic heterocycles. The molecule has 0 saturated carbocycles. The van der Waals surface area contributed by atoms with E-state index in [1.165, 1.54) is 114 Å². The first-order valence-corrected chi connectivity index (χ1v) is 28.4. The number of hydrogen-bond acceptors (Lipinski definition) is 10. The van der Waals surface area contributed by atoms with E-state index in [2.05, 4.69) is 88.7 Å². The van der Waals surface area contributed by atoms with Gasteiger partial charge in [-0.15, -0.1) is 0 Å². The summed E-state index contributed by atoms with van der Waals surface area (Å²) in [6.07, 6.45) is 26.4. The monoisotopic (exact) mass is 1030 g/mol. The first-order valence-electron chi connectivity index (χ1n) is 24.4. The van der Waals surface area contributed by atoms with Crippen LogP contribution in [-0.2, 0) is 72.0 Å². The van der Waals surface area contributed by atoms with Crippen LogP contribution in [0.25, 0.3) is 0 Å². The third-order valence-electron chi connectivity index (χ3n) is 11.2. The molecule has 0 atom stereocenters. The summed E-state index contributed by atoms with van der Waals surface area (Å²) in [5.74, 6) is -1.58. The fraction of sp³-hybridized carbons (Fsp3) is 0.686. The molecule has 378 valence electrons. The van der Waals surface area contributed by atoms with E-state index in [4.69, 9.17) is 9.05 Å². The Labute approximate surface area is 409 Å². The van der Waals surface area contributed by atoms with Crippen LogP contribution in [0.2, 0.25) is 0 Å². The normalized spacial score (nSPS) is 11.0. The third kappa shape index (κ3) is 33.2. The first-order chi connectivity index (χ1) is 32.0. The molecule has 15 heteroatoms. The van der Waals surface area contributed by atoms with Crippen molar-refractivity contribution in [2.24, 2.45) is 0 Å². The van der Waals surface area contributed by atoms with Crippen molar-refractivity contribution in [1.82, 2.24) is 10.6 Å². The van der Waals surface area contributed by atoms with E-state index in [0.29, 0.717) is 19.3 Å². The molecule has 0 bridgehead atoms. The smallest absolute Gasteiger partial charge is 0.331 e. The lowest BCUT2D eigenvalue weighted by Crippen LogP contribution is -2.31. The molecule has 2 aromatic carbocycles. The van der Waals surface area contributed by atoms with Gasteiger partial charge in [-0.25, -0.2) is 0 Å². The number of alkyl halides is 1. The summed E-state index contributed by atoms with van der Waals surface area (Å²) in [4.78, 5) is 45.5. The summed E-state index contributed by atoms with van der Waals surface area (Å²) >= 11 is 3.49. The van der Waals surface area contributed by atoms with E-state index in [1.807, 2.05) is 0 Å². The number of Topliss-reactive ketones (excluding diaryl/α,β-unsaturated/α-hetero) is 2. The molecule has 0 fully saturated rings. The van der Waals surface area contributed by atoms with Crippen LogP contribution >= 0.6 is 32.1 Å². The summed E-state index contributed by atoms with van der Waals surface area (Å²) in [5.41, 5.74) is 5.73. The zero-order valence-corrected chi connectivity index (χ0v) is 45.1. The van der Waals surface area contributed by atoms with Crippen LogP contribution in [0.4, 0.5) is 0 Å². The van der Waals surface area contributed by atoms with E-state index >= 15 is 0 Å². The second kappa shape index (κ2) is 43.9. The van der Waals surface area contributed by atoms with Crippen LogP contribution in [0.1, 0.15) is 165 Å². The fourth-order valence-electron chi connectivity index (χ4n) is 7.17. The van der Waals surface area contributed by atoms with E-state index in [-0.39, 0.29) is 24.4 Å².